The monoisotopic (exact) mass is 335 g/mol. The number of esters is 1. The summed E-state index contributed by atoms with van der Waals surface area (Å²) in [6.45, 7) is 0. The lowest BCUT2D eigenvalue weighted by atomic mass is 10.2. The van der Waals surface area contributed by atoms with Crippen LogP contribution in [0, 0.1) is 5.82 Å². The SMILES string of the molecule is O=C(Nc1ccc(OC(=O)c2ccc(F)cc2)cc1)c1ccccc1. The predicted molar refractivity (Wildman–Crippen MR) is 92.2 cm³/mol. The summed E-state index contributed by atoms with van der Waals surface area (Å²) < 4.78 is 18.1. The van der Waals surface area contributed by atoms with Crippen molar-refractivity contribution in [3.8, 4) is 5.75 Å². The van der Waals surface area contributed by atoms with E-state index in [1.807, 2.05) is 6.07 Å². The standard InChI is InChI=1S/C20H14FNO3/c21-16-8-6-15(7-9-16)20(24)25-18-12-10-17(11-13-18)22-19(23)14-4-2-1-3-5-14/h1-13H,(H,22,23). The van der Waals surface area contributed by atoms with Crippen LogP contribution in [0.3, 0.4) is 0 Å². The van der Waals surface area contributed by atoms with Crippen LogP contribution < -0.4 is 10.1 Å². The third kappa shape index (κ3) is 4.29. The van der Waals surface area contributed by atoms with Gasteiger partial charge < -0.3 is 10.1 Å². The molecule has 0 aromatic heterocycles. The van der Waals surface area contributed by atoms with Crippen molar-refractivity contribution in [2.75, 3.05) is 5.32 Å². The summed E-state index contributed by atoms with van der Waals surface area (Å²) >= 11 is 0. The third-order valence-corrected chi connectivity index (χ3v) is 3.44. The van der Waals surface area contributed by atoms with E-state index in [2.05, 4.69) is 5.32 Å². The van der Waals surface area contributed by atoms with Crippen LogP contribution in [-0.4, -0.2) is 11.9 Å². The van der Waals surface area contributed by atoms with Gasteiger partial charge in [-0.1, -0.05) is 18.2 Å². The van der Waals surface area contributed by atoms with Gasteiger partial charge in [-0.2, -0.15) is 0 Å². The summed E-state index contributed by atoms with van der Waals surface area (Å²) in [5.74, 6) is -0.903. The molecule has 1 amide bonds. The van der Waals surface area contributed by atoms with Gasteiger partial charge in [-0.3, -0.25) is 4.79 Å². The first-order chi connectivity index (χ1) is 12.1. The Labute approximate surface area is 143 Å². The van der Waals surface area contributed by atoms with Crippen LogP contribution >= 0.6 is 0 Å². The van der Waals surface area contributed by atoms with Crippen LogP contribution in [0.5, 0.6) is 5.75 Å². The summed E-state index contributed by atoms with van der Waals surface area (Å²) in [5.41, 5.74) is 1.38. The number of nitrogens with one attached hydrogen (secondary N) is 1. The van der Waals surface area contributed by atoms with Crippen molar-refractivity contribution in [1.82, 2.24) is 0 Å². The van der Waals surface area contributed by atoms with Gasteiger partial charge in [-0.15, -0.1) is 0 Å². The largest absolute Gasteiger partial charge is 0.423 e. The zero-order valence-corrected chi connectivity index (χ0v) is 13.1. The Morgan fingerprint density at radius 1 is 0.760 bits per heavy atom. The number of ether oxygens (including phenoxy) is 1. The fourth-order valence-electron chi connectivity index (χ4n) is 2.15. The number of carbonyl (C=O) groups is 2. The summed E-state index contributed by atoms with van der Waals surface area (Å²) in [6.07, 6.45) is 0. The molecule has 0 bridgehead atoms. The van der Waals surface area contributed by atoms with E-state index in [9.17, 15) is 14.0 Å². The maximum absolute atomic E-state index is 12.9. The molecule has 0 atom stereocenters. The van der Waals surface area contributed by atoms with Gasteiger partial charge in [0.25, 0.3) is 5.91 Å². The highest BCUT2D eigenvalue weighted by Crippen LogP contribution is 2.18. The first-order valence-electron chi connectivity index (χ1n) is 7.56. The van der Waals surface area contributed by atoms with Crippen molar-refractivity contribution < 1.29 is 18.7 Å². The van der Waals surface area contributed by atoms with Crippen molar-refractivity contribution >= 4 is 17.6 Å². The number of amides is 1. The highest BCUT2D eigenvalue weighted by Gasteiger charge is 2.09. The highest BCUT2D eigenvalue weighted by molar-refractivity contribution is 6.04. The van der Waals surface area contributed by atoms with Crippen LogP contribution in [0.2, 0.25) is 0 Å². The maximum atomic E-state index is 12.9. The molecular weight excluding hydrogens is 321 g/mol. The smallest absolute Gasteiger partial charge is 0.343 e. The molecule has 0 unspecified atom stereocenters. The number of benzene rings is 3. The van der Waals surface area contributed by atoms with E-state index in [1.54, 1.807) is 48.5 Å². The lowest BCUT2D eigenvalue weighted by Crippen LogP contribution is -2.12. The third-order valence-electron chi connectivity index (χ3n) is 3.44. The van der Waals surface area contributed by atoms with E-state index in [4.69, 9.17) is 4.74 Å². The topological polar surface area (TPSA) is 55.4 Å². The summed E-state index contributed by atoms with van der Waals surface area (Å²) in [4.78, 5) is 24.0. The minimum absolute atomic E-state index is 0.225. The fourth-order valence-corrected chi connectivity index (χ4v) is 2.15. The number of carbonyl (C=O) groups excluding carboxylic acids is 2. The molecule has 5 heteroatoms. The molecule has 0 saturated heterocycles. The molecule has 25 heavy (non-hydrogen) atoms. The number of anilines is 1. The number of hydrogen-bond acceptors (Lipinski definition) is 3. The van der Waals surface area contributed by atoms with Gasteiger partial charge in [0.2, 0.25) is 0 Å². The molecule has 0 fully saturated rings. The predicted octanol–water partition coefficient (Wildman–Crippen LogP) is 4.30. The van der Waals surface area contributed by atoms with Crippen molar-refractivity contribution in [2.45, 2.75) is 0 Å². The average molecular weight is 335 g/mol. The van der Waals surface area contributed by atoms with Crippen molar-refractivity contribution in [3.63, 3.8) is 0 Å². The van der Waals surface area contributed by atoms with Gasteiger partial charge in [-0.05, 0) is 60.7 Å². The van der Waals surface area contributed by atoms with Crippen LogP contribution in [0.15, 0.2) is 78.9 Å². The lowest BCUT2D eigenvalue weighted by molar-refractivity contribution is 0.0734. The molecule has 3 aromatic carbocycles. The van der Waals surface area contributed by atoms with E-state index in [0.717, 1.165) is 0 Å². The Kier molecular flexibility index (Phi) is 4.85. The second-order valence-corrected chi connectivity index (χ2v) is 5.24. The van der Waals surface area contributed by atoms with E-state index in [0.29, 0.717) is 17.0 Å². The normalized spacial score (nSPS) is 10.1. The van der Waals surface area contributed by atoms with Crippen molar-refractivity contribution in [1.29, 1.82) is 0 Å². The summed E-state index contributed by atoms with van der Waals surface area (Å²) in [6, 6.07) is 20.3. The maximum Gasteiger partial charge on any atom is 0.343 e. The second kappa shape index (κ2) is 7.40. The molecule has 3 aromatic rings. The van der Waals surface area contributed by atoms with Crippen LogP contribution in [0.4, 0.5) is 10.1 Å². The zero-order chi connectivity index (χ0) is 17.6. The molecule has 124 valence electrons. The molecule has 1 N–H and O–H groups in total. The van der Waals surface area contributed by atoms with Gasteiger partial charge in [0, 0.05) is 11.3 Å². The van der Waals surface area contributed by atoms with E-state index < -0.39 is 11.8 Å². The van der Waals surface area contributed by atoms with E-state index in [1.165, 1.54) is 24.3 Å². The van der Waals surface area contributed by atoms with Crippen LogP contribution in [-0.2, 0) is 0 Å². The average Bonchev–Trinajstić information content (AvgIpc) is 2.64. The molecule has 0 heterocycles. The number of rotatable bonds is 4. The van der Waals surface area contributed by atoms with Gasteiger partial charge in [0.05, 0.1) is 5.56 Å². The molecule has 0 aliphatic carbocycles. The Hall–Kier alpha value is -3.47. The minimum Gasteiger partial charge on any atom is -0.423 e. The molecule has 0 spiro atoms. The molecule has 0 saturated carbocycles. The number of hydrogen-bond donors (Lipinski definition) is 1. The van der Waals surface area contributed by atoms with Gasteiger partial charge in [0.1, 0.15) is 11.6 Å². The number of halogens is 1. The summed E-state index contributed by atoms with van der Waals surface area (Å²) in [7, 11) is 0. The zero-order valence-electron chi connectivity index (χ0n) is 13.1. The molecule has 3 rings (SSSR count). The van der Waals surface area contributed by atoms with Crippen molar-refractivity contribution in [2.24, 2.45) is 0 Å². The van der Waals surface area contributed by atoms with Crippen molar-refractivity contribution in [3.05, 3.63) is 95.8 Å². The first-order valence-corrected chi connectivity index (χ1v) is 7.56. The highest BCUT2D eigenvalue weighted by atomic mass is 19.1. The van der Waals surface area contributed by atoms with Crippen LogP contribution in [0.25, 0.3) is 0 Å². The van der Waals surface area contributed by atoms with Gasteiger partial charge in [-0.25, -0.2) is 9.18 Å². The fraction of sp³-hybridized carbons (Fsp3) is 0. The summed E-state index contributed by atoms with van der Waals surface area (Å²) in [5, 5.41) is 2.76. The Morgan fingerprint density at radius 3 is 2.04 bits per heavy atom. The van der Waals surface area contributed by atoms with Gasteiger partial charge in [0.15, 0.2) is 0 Å². The molecule has 0 aliphatic heterocycles. The Balaban J connectivity index is 1.63. The molecule has 0 aliphatic rings. The molecule has 4 nitrogen and oxygen atoms in total. The Bertz CT molecular complexity index is 875. The van der Waals surface area contributed by atoms with Crippen LogP contribution in [0.1, 0.15) is 20.7 Å². The van der Waals surface area contributed by atoms with E-state index >= 15 is 0 Å². The second-order valence-electron chi connectivity index (χ2n) is 5.24. The first kappa shape index (κ1) is 16.4. The quantitative estimate of drug-likeness (QED) is 0.571. The molecular formula is C20H14FNO3. The Morgan fingerprint density at radius 2 is 1.40 bits per heavy atom. The lowest BCUT2D eigenvalue weighted by Gasteiger charge is -2.07. The van der Waals surface area contributed by atoms with Gasteiger partial charge >= 0.3 is 5.97 Å². The van der Waals surface area contributed by atoms with E-state index in [-0.39, 0.29) is 11.5 Å². The molecule has 0 radical (unpaired) electrons. The minimum atomic E-state index is -0.582.